The zero-order chi connectivity index (χ0) is 16.9. The first-order valence-electron chi connectivity index (χ1n) is 6.72. The van der Waals surface area contributed by atoms with E-state index in [1.807, 2.05) is 0 Å². The molecule has 0 fully saturated rings. The molecule has 0 radical (unpaired) electrons. The molecule has 0 aliphatic rings. The molecule has 0 aromatic heterocycles. The van der Waals surface area contributed by atoms with Crippen LogP contribution >= 0.6 is 0 Å². The van der Waals surface area contributed by atoms with Gasteiger partial charge in [-0.15, -0.1) is 0 Å². The molecule has 0 atom stereocenters. The molecule has 23 heavy (non-hydrogen) atoms. The predicted molar refractivity (Wildman–Crippen MR) is 82.5 cm³/mol. The summed E-state index contributed by atoms with van der Waals surface area (Å²) >= 11 is 0. The van der Waals surface area contributed by atoms with Crippen molar-refractivity contribution in [1.29, 1.82) is 0 Å². The Morgan fingerprint density at radius 2 is 1.57 bits per heavy atom. The monoisotopic (exact) mass is 318 g/mol. The number of halogens is 3. The van der Waals surface area contributed by atoms with Gasteiger partial charge in [-0.05, 0) is 29.3 Å². The summed E-state index contributed by atoms with van der Waals surface area (Å²) < 4.78 is 37.4. The fraction of sp³-hybridized carbons (Fsp3) is 0.0556. The molecule has 0 saturated carbocycles. The van der Waals surface area contributed by atoms with Crippen LogP contribution in [0.25, 0.3) is 11.6 Å². The van der Waals surface area contributed by atoms with E-state index in [1.165, 1.54) is 24.3 Å². The van der Waals surface area contributed by atoms with Crippen LogP contribution in [0.1, 0.15) is 16.7 Å². The van der Waals surface area contributed by atoms with Gasteiger partial charge in [-0.1, -0.05) is 54.6 Å². The number of hydrogen-bond acceptors (Lipinski definition) is 1. The number of aliphatic carboxylic acids is 1. The maximum Gasteiger partial charge on any atom is 0.416 e. The molecule has 5 heteroatoms. The second-order valence-corrected chi connectivity index (χ2v) is 4.73. The highest BCUT2D eigenvalue weighted by Gasteiger charge is 2.29. The van der Waals surface area contributed by atoms with Crippen LogP contribution in [0.15, 0.2) is 66.7 Å². The molecule has 0 aliphatic heterocycles. The van der Waals surface area contributed by atoms with Crippen LogP contribution in [0.2, 0.25) is 0 Å². The fourth-order valence-corrected chi connectivity index (χ4v) is 1.95. The van der Waals surface area contributed by atoms with Gasteiger partial charge in [0.05, 0.1) is 11.1 Å². The molecular weight excluding hydrogens is 305 g/mol. The number of rotatable bonds is 4. The van der Waals surface area contributed by atoms with Crippen LogP contribution in [0.4, 0.5) is 13.2 Å². The van der Waals surface area contributed by atoms with Crippen LogP contribution in [-0.2, 0) is 11.0 Å². The van der Waals surface area contributed by atoms with Crippen molar-refractivity contribution >= 4 is 17.6 Å². The Labute approximate surface area is 131 Å². The molecule has 0 unspecified atom stereocenters. The Bertz CT molecular complexity index is 727. The van der Waals surface area contributed by atoms with E-state index in [1.54, 1.807) is 36.4 Å². The first kappa shape index (κ1) is 16.5. The van der Waals surface area contributed by atoms with Crippen molar-refractivity contribution in [1.82, 2.24) is 0 Å². The highest BCUT2D eigenvalue weighted by Crippen LogP contribution is 2.29. The van der Waals surface area contributed by atoms with E-state index in [2.05, 4.69) is 0 Å². The van der Waals surface area contributed by atoms with Gasteiger partial charge >= 0.3 is 12.1 Å². The van der Waals surface area contributed by atoms with Crippen molar-refractivity contribution in [3.8, 4) is 0 Å². The molecule has 2 aromatic rings. The van der Waals surface area contributed by atoms with E-state index in [-0.39, 0.29) is 5.57 Å². The smallest absolute Gasteiger partial charge is 0.416 e. The van der Waals surface area contributed by atoms with Gasteiger partial charge in [0.2, 0.25) is 0 Å². The predicted octanol–water partition coefficient (Wildman–Crippen LogP) is 4.89. The molecule has 118 valence electrons. The Morgan fingerprint density at radius 3 is 2.09 bits per heavy atom. The minimum Gasteiger partial charge on any atom is -0.478 e. The van der Waals surface area contributed by atoms with E-state index in [0.29, 0.717) is 11.1 Å². The average Bonchev–Trinajstić information content (AvgIpc) is 2.51. The van der Waals surface area contributed by atoms with Crippen LogP contribution in [0.5, 0.6) is 0 Å². The minimum absolute atomic E-state index is 0.105. The molecular formula is C18H13F3O2. The first-order chi connectivity index (χ1) is 10.9. The number of allylic oxidation sites excluding steroid dienone is 2. The quantitative estimate of drug-likeness (QED) is 0.644. The van der Waals surface area contributed by atoms with Crippen molar-refractivity contribution in [2.24, 2.45) is 0 Å². The third-order valence-corrected chi connectivity index (χ3v) is 3.10. The molecule has 0 aliphatic carbocycles. The number of benzene rings is 2. The van der Waals surface area contributed by atoms with Crippen LogP contribution in [0.3, 0.4) is 0 Å². The van der Waals surface area contributed by atoms with Crippen LogP contribution in [-0.4, -0.2) is 11.1 Å². The van der Waals surface area contributed by atoms with Crippen molar-refractivity contribution in [3.05, 3.63) is 83.4 Å². The Morgan fingerprint density at radius 1 is 0.957 bits per heavy atom. The number of hydrogen-bond donors (Lipinski definition) is 1. The standard InChI is InChI=1S/C18H13F3O2/c19-18(20,21)15-11-9-13(10-12-15)5-4-8-16(17(22)23)14-6-2-1-3-7-14/h1-12H,(H,22,23). The summed E-state index contributed by atoms with van der Waals surface area (Å²) in [6, 6.07) is 13.2. The van der Waals surface area contributed by atoms with Crippen molar-refractivity contribution in [2.75, 3.05) is 0 Å². The molecule has 0 heterocycles. The Kier molecular flexibility index (Phi) is 5.01. The molecule has 0 bridgehead atoms. The van der Waals surface area contributed by atoms with Gasteiger partial charge < -0.3 is 5.11 Å². The summed E-state index contributed by atoms with van der Waals surface area (Å²) in [6.07, 6.45) is 0.0896. The summed E-state index contributed by atoms with van der Waals surface area (Å²) in [5, 5.41) is 9.22. The number of carbonyl (C=O) groups is 1. The number of carboxylic acids is 1. The van der Waals surface area contributed by atoms with Crippen molar-refractivity contribution < 1.29 is 23.1 Å². The van der Waals surface area contributed by atoms with Gasteiger partial charge in [0.25, 0.3) is 0 Å². The molecule has 0 amide bonds. The van der Waals surface area contributed by atoms with Gasteiger partial charge in [-0.2, -0.15) is 13.2 Å². The molecule has 2 rings (SSSR count). The van der Waals surface area contributed by atoms with E-state index in [4.69, 9.17) is 0 Å². The summed E-state index contributed by atoms with van der Waals surface area (Å²) in [6.45, 7) is 0. The summed E-state index contributed by atoms with van der Waals surface area (Å²) in [5.74, 6) is -1.08. The normalized spacial score (nSPS) is 12.6. The summed E-state index contributed by atoms with van der Waals surface area (Å²) in [5.41, 5.74) is 0.485. The lowest BCUT2D eigenvalue weighted by Gasteiger charge is -2.05. The maximum atomic E-state index is 12.5. The molecule has 0 spiro atoms. The van der Waals surface area contributed by atoms with Crippen molar-refractivity contribution in [2.45, 2.75) is 6.18 Å². The van der Waals surface area contributed by atoms with E-state index in [9.17, 15) is 23.1 Å². The van der Waals surface area contributed by atoms with Crippen molar-refractivity contribution in [3.63, 3.8) is 0 Å². The summed E-state index contributed by atoms with van der Waals surface area (Å²) in [4.78, 5) is 11.3. The Balaban J connectivity index is 2.20. The highest BCUT2D eigenvalue weighted by atomic mass is 19.4. The second-order valence-electron chi connectivity index (χ2n) is 4.73. The van der Waals surface area contributed by atoms with Gasteiger partial charge in [-0.25, -0.2) is 4.79 Å². The second kappa shape index (κ2) is 6.96. The third-order valence-electron chi connectivity index (χ3n) is 3.10. The van der Waals surface area contributed by atoms with Crippen LogP contribution in [0, 0.1) is 0 Å². The zero-order valence-corrected chi connectivity index (χ0v) is 11.9. The van der Waals surface area contributed by atoms with E-state index >= 15 is 0 Å². The highest BCUT2D eigenvalue weighted by molar-refractivity contribution is 6.15. The number of alkyl halides is 3. The summed E-state index contributed by atoms with van der Waals surface area (Å²) in [7, 11) is 0. The maximum absolute atomic E-state index is 12.5. The van der Waals surface area contributed by atoms with Gasteiger partial charge in [0, 0.05) is 0 Å². The molecule has 1 N–H and O–H groups in total. The topological polar surface area (TPSA) is 37.3 Å². The van der Waals surface area contributed by atoms with Crippen LogP contribution < -0.4 is 0 Å². The molecule has 2 aromatic carbocycles. The first-order valence-corrected chi connectivity index (χ1v) is 6.72. The largest absolute Gasteiger partial charge is 0.478 e. The molecule has 0 saturated heterocycles. The van der Waals surface area contributed by atoms with Gasteiger partial charge in [-0.3, -0.25) is 0 Å². The fourth-order valence-electron chi connectivity index (χ4n) is 1.95. The zero-order valence-electron chi connectivity index (χ0n) is 11.9. The van der Waals surface area contributed by atoms with Gasteiger partial charge in [0.1, 0.15) is 0 Å². The lowest BCUT2D eigenvalue weighted by molar-refractivity contribution is -0.137. The average molecular weight is 318 g/mol. The number of carboxylic acid groups (broad SMARTS) is 1. The minimum atomic E-state index is -4.37. The lowest BCUT2D eigenvalue weighted by Crippen LogP contribution is -2.03. The van der Waals surface area contributed by atoms with Gasteiger partial charge in [0.15, 0.2) is 0 Å². The molecule has 2 nitrogen and oxygen atoms in total. The van der Waals surface area contributed by atoms with E-state index < -0.39 is 17.7 Å². The SMILES string of the molecule is O=C(O)C(=CC=Cc1ccc(C(F)(F)F)cc1)c1ccccc1. The van der Waals surface area contributed by atoms with E-state index in [0.717, 1.165) is 12.1 Å². The lowest BCUT2D eigenvalue weighted by atomic mass is 10.1. The Hall–Kier alpha value is -2.82. The third kappa shape index (κ3) is 4.57.